The molecule has 3 nitrogen and oxygen atoms in total. The second-order valence-electron chi connectivity index (χ2n) is 8.67. The number of hydrogen-bond acceptors (Lipinski definition) is 3. The van der Waals surface area contributed by atoms with E-state index < -0.39 is 5.97 Å². The lowest BCUT2D eigenvalue weighted by Gasteiger charge is -2.14. The smallest absolute Gasteiger partial charge is 0.333 e. The first kappa shape index (κ1) is 25.4. The van der Waals surface area contributed by atoms with Gasteiger partial charge in [0.1, 0.15) is 12.4 Å². The molecule has 34 heavy (non-hydrogen) atoms. The second kappa shape index (κ2) is 12.3. The van der Waals surface area contributed by atoms with Crippen LogP contribution in [0.5, 0.6) is 0 Å². The fourth-order valence-electron chi connectivity index (χ4n) is 3.95. The number of aliphatic hydroxyl groups is 1. The number of hydrogen-bond donors (Lipinski definition) is 1. The number of carbonyl (C=O) groups is 1. The van der Waals surface area contributed by atoms with Crippen LogP contribution in [0.25, 0.3) is 22.3 Å². The molecule has 3 aromatic rings. The van der Waals surface area contributed by atoms with Gasteiger partial charge in [0, 0.05) is 17.7 Å². The van der Waals surface area contributed by atoms with Gasteiger partial charge in [0.2, 0.25) is 0 Å². The van der Waals surface area contributed by atoms with Crippen molar-refractivity contribution in [3.8, 4) is 22.3 Å². The number of rotatable bonds is 11. The Morgan fingerprint density at radius 2 is 1.59 bits per heavy atom. The van der Waals surface area contributed by atoms with E-state index in [1.165, 1.54) is 30.9 Å². The van der Waals surface area contributed by atoms with Gasteiger partial charge in [-0.15, -0.1) is 0 Å². The second-order valence-corrected chi connectivity index (χ2v) is 8.67. The number of aliphatic hydroxyl groups excluding tert-OH is 1. The van der Waals surface area contributed by atoms with Gasteiger partial charge in [0.15, 0.2) is 0 Å². The van der Waals surface area contributed by atoms with Gasteiger partial charge in [-0.05, 0) is 65.6 Å². The number of unbranched alkanes of at least 4 members (excludes halogenated alkanes) is 2. The summed E-state index contributed by atoms with van der Waals surface area (Å²) in [4.78, 5) is 11.9. The van der Waals surface area contributed by atoms with Crippen molar-refractivity contribution in [2.75, 3.05) is 6.61 Å². The molecule has 4 heteroatoms. The molecular weight excluding hydrogens is 427 g/mol. The highest BCUT2D eigenvalue weighted by Gasteiger charge is 2.13. The lowest BCUT2D eigenvalue weighted by molar-refractivity contribution is -0.140. The van der Waals surface area contributed by atoms with Crippen molar-refractivity contribution in [3.05, 3.63) is 95.3 Å². The van der Waals surface area contributed by atoms with Gasteiger partial charge in [-0.2, -0.15) is 0 Å². The van der Waals surface area contributed by atoms with E-state index in [2.05, 4.69) is 25.6 Å². The molecule has 0 aromatic heterocycles. The zero-order chi connectivity index (χ0) is 24.5. The van der Waals surface area contributed by atoms with Crippen LogP contribution in [0.1, 0.15) is 49.8 Å². The highest BCUT2D eigenvalue weighted by molar-refractivity contribution is 5.87. The molecular formula is C30H33FO3. The summed E-state index contributed by atoms with van der Waals surface area (Å²) < 4.78 is 20.6. The van der Waals surface area contributed by atoms with Gasteiger partial charge in [-0.25, -0.2) is 9.18 Å². The van der Waals surface area contributed by atoms with Crippen LogP contribution in [0, 0.1) is 5.82 Å². The van der Waals surface area contributed by atoms with Crippen LogP contribution in [0.3, 0.4) is 0 Å². The standard InChI is InChI=1S/C30H33FO3/c1-4-5-6-7-22-8-11-24(12-9-22)28-15-13-25(19-29(28)31)27-14-10-23(16-17-32)18-26(27)20-34-30(33)21(2)3/h8-15,18-19,32H,2,4-7,16-17,20H2,1,3H3. The summed E-state index contributed by atoms with van der Waals surface area (Å²) in [5.41, 5.74) is 6.15. The average Bonchev–Trinajstić information content (AvgIpc) is 2.83. The number of benzene rings is 3. The predicted octanol–water partition coefficient (Wildman–Crippen LogP) is 7.05. The van der Waals surface area contributed by atoms with E-state index in [9.17, 15) is 9.90 Å². The Labute approximate surface area is 201 Å². The summed E-state index contributed by atoms with van der Waals surface area (Å²) in [5.74, 6) is -0.779. The Morgan fingerprint density at radius 3 is 2.24 bits per heavy atom. The van der Waals surface area contributed by atoms with Crippen LogP contribution in [0.2, 0.25) is 0 Å². The maximum atomic E-state index is 15.2. The first-order valence-corrected chi connectivity index (χ1v) is 11.9. The van der Waals surface area contributed by atoms with Crippen LogP contribution in [-0.2, 0) is 29.0 Å². The van der Waals surface area contributed by atoms with E-state index in [-0.39, 0.29) is 19.0 Å². The number of esters is 1. The first-order chi connectivity index (χ1) is 16.4. The van der Waals surface area contributed by atoms with Crippen LogP contribution in [-0.4, -0.2) is 17.7 Å². The first-order valence-electron chi connectivity index (χ1n) is 11.9. The van der Waals surface area contributed by atoms with Crippen molar-refractivity contribution in [3.63, 3.8) is 0 Å². The van der Waals surface area contributed by atoms with Crippen LogP contribution < -0.4 is 0 Å². The van der Waals surface area contributed by atoms with Crippen molar-refractivity contribution in [2.45, 2.75) is 52.6 Å². The molecule has 178 valence electrons. The third-order valence-corrected chi connectivity index (χ3v) is 5.89. The maximum absolute atomic E-state index is 15.2. The van der Waals surface area contributed by atoms with Crippen LogP contribution in [0.15, 0.2) is 72.8 Å². The predicted molar refractivity (Wildman–Crippen MR) is 136 cm³/mol. The molecule has 0 unspecified atom stereocenters. The van der Waals surface area contributed by atoms with Gasteiger partial charge in [0.05, 0.1) is 0 Å². The van der Waals surface area contributed by atoms with Gasteiger partial charge >= 0.3 is 5.97 Å². The molecule has 0 saturated heterocycles. The topological polar surface area (TPSA) is 46.5 Å². The minimum Gasteiger partial charge on any atom is -0.457 e. The van der Waals surface area contributed by atoms with E-state index in [1.807, 2.05) is 36.4 Å². The third-order valence-electron chi connectivity index (χ3n) is 5.89. The SMILES string of the molecule is C=C(C)C(=O)OCc1cc(CCO)ccc1-c1ccc(-c2ccc(CCCCC)cc2)c(F)c1. The van der Waals surface area contributed by atoms with Gasteiger partial charge < -0.3 is 9.84 Å². The van der Waals surface area contributed by atoms with Crippen molar-refractivity contribution in [2.24, 2.45) is 0 Å². The molecule has 0 spiro atoms. The highest BCUT2D eigenvalue weighted by Crippen LogP contribution is 2.31. The van der Waals surface area contributed by atoms with E-state index in [1.54, 1.807) is 13.0 Å². The molecule has 0 atom stereocenters. The molecule has 0 fully saturated rings. The summed E-state index contributed by atoms with van der Waals surface area (Å²) in [7, 11) is 0. The lowest BCUT2D eigenvalue weighted by Crippen LogP contribution is -2.06. The van der Waals surface area contributed by atoms with E-state index >= 15 is 4.39 Å². The molecule has 0 aliphatic rings. The molecule has 3 aromatic carbocycles. The summed E-state index contributed by atoms with van der Waals surface area (Å²) in [6.45, 7) is 7.46. The summed E-state index contributed by atoms with van der Waals surface area (Å²) in [6, 6.07) is 19.0. The molecule has 3 rings (SSSR count). The van der Waals surface area contributed by atoms with Crippen LogP contribution in [0.4, 0.5) is 4.39 Å². The Bertz CT molecular complexity index is 1130. The largest absolute Gasteiger partial charge is 0.457 e. The highest BCUT2D eigenvalue weighted by atomic mass is 19.1. The number of aryl methyl sites for hydroxylation is 1. The van der Waals surface area contributed by atoms with E-state index in [0.717, 1.165) is 28.7 Å². The molecule has 0 amide bonds. The number of halogens is 1. The zero-order valence-electron chi connectivity index (χ0n) is 20.1. The Hall–Kier alpha value is -3.24. The van der Waals surface area contributed by atoms with Gasteiger partial charge in [-0.3, -0.25) is 0 Å². The van der Waals surface area contributed by atoms with Crippen molar-refractivity contribution in [1.82, 2.24) is 0 Å². The number of ether oxygens (including phenoxy) is 1. The normalized spacial score (nSPS) is 10.8. The van der Waals surface area contributed by atoms with E-state index in [0.29, 0.717) is 23.1 Å². The fourth-order valence-corrected chi connectivity index (χ4v) is 3.95. The number of carbonyl (C=O) groups excluding carboxylic acids is 1. The minimum atomic E-state index is -0.474. The monoisotopic (exact) mass is 460 g/mol. The molecule has 0 bridgehead atoms. The molecule has 0 heterocycles. The lowest BCUT2D eigenvalue weighted by atomic mass is 9.94. The zero-order valence-corrected chi connectivity index (χ0v) is 20.1. The molecule has 0 radical (unpaired) electrons. The fraction of sp³-hybridized carbons (Fsp3) is 0.300. The summed E-state index contributed by atoms with van der Waals surface area (Å²) in [6.07, 6.45) is 5.11. The van der Waals surface area contributed by atoms with E-state index in [4.69, 9.17) is 4.74 Å². The van der Waals surface area contributed by atoms with Crippen molar-refractivity contribution < 1.29 is 19.0 Å². The van der Waals surface area contributed by atoms with Crippen LogP contribution >= 0.6 is 0 Å². The van der Waals surface area contributed by atoms with Crippen molar-refractivity contribution in [1.29, 1.82) is 0 Å². The Morgan fingerprint density at radius 1 is 0.912 bits per heavy atom. The maximum Gasteiger partial charge on any atom is 0.333 e. The average molecular weight is 461 g/mol. The molecule has 0 aliphatic heterocycles. The summed E-state index contributed by atoms with van der Waals surface area (Å²) >= 11 is 0. The minimum absolute atomic E-state index is 0.0189. The molecule has 0 saturated carbocycles. The van der Waals surface area contributed by atoms with Crippen molar-refractivity contribution >= 4 is 5.97 Å². The summed E-state index contributed by atoms with van der Waals surface area (Å²) in [5, 5.41) is 9.29. The molecule has 1 N–H and O–H groups in total. The third kappa shape index (κ3) is 6.64. The molecule has 0 aliphatic carbocycles. The Balaban J connectivity index is 1.86. The van der Waals surface area contributed by atoms with Gasteiger partial charge in [-0.1, -0.05) is 80.9 Å². The quantitative estimate of drug-likeness (QED) is 0.189. The van der Waals surface area contributed by atoms with Gasteiger partial charge in [0.25, 0.3) is 0 Å². The Kier molecular flexibility index (Phi) is 9.17.